The van der Waals surface area contributed by atoms with Crippen molar-refractivity contribution in [1.82, 2.24) is 5.32 Å². The fraction of sp³-hybridized carbons (Fsp3) is 0.600. The summed E-state index contributed by atoms with van der Waals surface area (Å²) in [5.74, 6) is 2.55. The molecule has 4 heteroatoms. The number of hydrogen-bond acceptors (Lipinski definition) is 3. The second kappa shape index (κ2) is 6.38. The standard InChI is InChI=1S/C15H22ClNOS/c1-5-17-14-13-10(8-19-15(14)9(2)3)12(18-4)7-6-11(13)16/h6-7,9,14-15,17H,5,8H2,1-4H3. The Morgan fingerprint density at radius 1 is 1.47 bits per heavy atom. The molecular weight excluding hydrogens is 278 g/mol. The molecule has 1 aliphatic rings. The van der Waals surface area contributed by atoms with Gasteiger partial charge in [0, 0.05) is 27.6 Å². The van der Waals surface area contributed by atoms with Crippen LogP contribution in [0.5, 0.6) is 5.75 Å². The highest BCUT2D eigenvalue weighted by atomic mass is 35.5. The smallest absolute Gasteiger partial charge is 0.123 e. The lowest BCUT2D eigenvalue weighted by atomic mass is 9.92. The van der Waals surface area contributed by atoms with E-state index in [1.54, 1.807) is 7.11 Å². The number of benzene rings is 1. The Labute approximate surface area is 125 Å². The van der Waals surface area contributed by atoms with Crippen LogP contribution in [0, 0.1) is 5.92 Å². The van der Waals surface area contributed by atoms with E-state index in [0.29, 0.717) is 17.2 Å². The van der Waals surface area contributed by atoms with Crippen LogP contribution in [0.4, 0.5) is 0 Å². The first-order chi connectivity index (χ1) is 9.10. The zero-order valence-electron chi connectivity index (χ0n) is 12.0. The second-order valence-electron chi connectivity index (χ2n) is 5.20. The average molecular weight is 300 g/mol. The first kappa shape index (κ1) is 15.0. The molecule has 0 saturated carbocycles. The third kappa shape index (κ3) is 2.88. The van der Waals surface area contributed by atoms with E-state index in [1.807, 2.05) is 23.9 Å². The molecule has 2 unspecified atom stereocenters. The number of hydrogen-bond donors (Lipinski definition) is 1. The van der Waals surface area contributed by atoms with E-state index in [0.717, 1.165) is 23.1 Å². The second-order valence-corrected chi connectivity index (χ2v) is 6.77. The van der Waals surface area contributed by atoms with Gasteiger partial charge in [-0.15, -0.1) is 0 Å². The fourth-order valence-electron chi connectivity index (χ4n) is 2.75. The van der Waals surface area contributed by atoms with Crippen LogP contribution in [0.25, 0.3) is 0 Å². The highest BCUT2D eigenvalue weighted by molar-refractivity contribution is 7.99. The summed E-state index contributed by atoms with van der Waals surface area (Å²) in [6.07, 6.45) is 0. The third-order valence-electron chi connectivity index (χ3n) is 3.62. The molecule has 19 heavy (non-hydrogen) atoms. The summed E-state index contributed by atoms with van der Waals surface area (Å²) in [7, 11) is 1.73. The predicted octanol–water partition coefficient (Wildman–Crippen LogP) is 4.27. The van der Waals surface area contributed by atoms with Crippen LogP contribution in [-0.4, -0.2) is 18.9 Å². The molecule has 0 spiro atoms. The van der Waals surface area contributed by atoms with Gasteiger partial charge in [-0.3, -0.25) is 0 Å². The van der Waals surface area contributed by atoms with Gasteiger partial charge < -0.3 is 10.1 Å². The lowest BCUT2D eigenvalue weighted by Gasteiger charge is -2.37. The van der Waals surface area contributed by atoms with Crippen molar-refractivity contribution < 1.29 is 4.74 Å². The van der Waals surface area contributed by atoms with Crippen molar-refractivity contribution in [2.75, 3.05) is 13.7 Å². The van der Waals surface area contributed by atoms with Gasteiger partial charge in [0.15, 0.2) is 0 Å². The number of rotatable bonds is 4. The Morgan fingerprint density at radius 3 is 2.79 bits per heavy atom. The van der Waals surface area contributed by atoms with E-state index < -0.39 is 0 Å². The Bertz CT molecular complexity index is 450. The van der Waals surface area contributed by atoms with E-state index in [9.17, 15) is 0 Å². The van der Waals surface area contributed by atoms with E-state index in [2.05, 4.69) is 26.1 Å². The van der Waals surface area contributed by atoms with Gasteiger partial charge in [0.25, 0.3) is 0 Å². The number of thioether (sulfide) groups is 1. The normalized spacial score (nSPS) is 22.4. The summed E-state index contributed by atoms with van der Waals surface area (Å²) >= 11 is 8.47. The molecule has 0 fully saturated rings. The van der Waals surface area contributed by atoms with Crippen LogP contribution in [-0.2, 0) is 5.75 Å². The molecule has 2 nitrogen and oxygen atoms in total. The Kier molecular flexibility index (Phi) is 5.04. The van der Waals surface area contributed by atoms with Crippen LogP contribution >= 0.6 is 23.4 Å². The molecule has 0 saturated heterocycles. The summed E-state index contributed by atoms with van der Waals surface area (Å²) in [6.45, 7) is 7.65. The fourth-order valence-corrected chi connectivity index (χ4v) is 4.51. The third-order valence-corrected chi connectivity index (χ3v) is 5.61. The highest BCUT2D eigenvalue weighted by Crippen LogP contribution is 2.46. The van der Waals surface area contributed by atoms with E-state index >= 15 is 0 Å². The molecule has 0 radical (unpaired) electrons. The lowest BCUT2D eigenvalue weighted by Crippen LogP contribution is -2.36. The van der Waals surface area contributed by atoms with Gasteiger partial charge in [-0.05, 0) is 30.2 Å². The summed E-state index contributed by atoms with van der Waals surface area (Å²) in [5, 5.41) is 5.01. The zero-order valence-corrected chi connectivity index (χ0v) is 13.6. The van der Waals surface area contributed by atoms with Crippen molar-refractivity contribution in [2.24, 2.45) is 5.92 Å². The number of methoxy groups -OCH3 is 1. The SMILES string of the molecule is CCNC1c2c(Cl)ccc(OC)c2CSC1C(C)C. The average Bonchev–Trinajstić information content (AvgIpc) is 2.39. The molecule has 106 valence electrons. The summed E-state index contributed by atoms with van der Waals surface area (Å²) in [6, 6.07) is 4.23. The van der Waals surface area contributed by atoms with Crippen molar-refractivity contribution >= 4 is 23.4 Å². The minimum absolute atomic E-state index is 0.307. The number of nitrogens with one attached hydrogen (secondary N) is 1. The number of halogens is 1. The van der Waals surface area contributed by atoms with E-state index in [4.69, 9.17) is 16.3 Å². The molecule has 0 aliphatic carbocycles. The molecule has 1 heterocycles. The van der Waals surface area contributed by atoms with Gasteiger partial charge in [-0.25, -0.2) is 0 Å². The Morgan fingerprint density at radius 2 is 2.21 bits per heavy atom. The van der Waals surface area contributed by atoms with Crippen LogP contribution in [0.3, 0.4) is 0 Å². The summed E-state index contributed by atoms with van der Waals surface area (Å²) in [4.78, 5) is 0. The van der Waals surface area contributed by atoms with Gasteiger partial charge in [0.05, 0.1) is 7.11 Å². The van der Waals surface area contributed by atoms with Crippen molar-refractivity contribution in [3.8, 4) is 5.75 Å². The quantitative estimate of drug-likeness (QED) is 0.897. The van der Waals surface area contributed by atoms with Crippen LogP contribution in [0.1, 0.15) is 37.9 Å². The van der Waals surface area contributed by atoms with Crippen LogP contribution in [0.2, 0.25) is 5.02 Å². The van der Waals surface area contributed by atoms with Crippen molar-refractivity contribution in [3.63, 3.8) is 0 Å². The molecule has 0 amide bonds. The van der Waals surface area contributed by atoms with Crippen LogP contribution in [0.15, 0.2) is 12.1 Å². The molecule has 1 N–H and O–H groups in total. The van der Waals surface area contributed by atoms with Crippen molar-refractivity contribution in [1.29, 1.82) is 0 Å². The summed E-state index contributed by atoms with van der Waals surface area (Å²) in [5.41, 5.74) is 2.49. The molecule has 2 rings (SSSR count). The topological polar surface area (TPSA) is 21.3 Å². The molecule has 2 atom stereocenters. The molecular formula is C15H22ClNOS. The maximum absolute atomic E-state index is 6.47. The monoisotopic (exact) mass is 299 g/mol. The Balaban J connectivity index is 2.49. The number of ether oxygens (including phenoxy) is 1. The molecule has 1 aliphatic heterocycles. The van der Waals surface area contributed by atoms with E-state index in [-0.39, 0.29) is 0 Å². The van der Waals surface area contributed by atoms with Crippen LogP contribution < -0.4 is 10.1 Å². The first-order valence-electron chi connectivity index (χ1n) is 6.80. The minimum atomic E-state index is 0.307. The molecule has 0 bridgehead atoms. The van der Waals surface area contributed by atoms with Gasteiger partial charge >= 0.3 is 0 Å². The maximum Gasteiger partial charge on any atom is 0.123 e. The Hall–Kier alpha value is -0.380. The minimum Gasteiger partial charge on any atom is -0.496 e. The maximum atomic E-state index is 6.47. The predicted molar refractivity (Wildman–Crippen MR) is 84.3 cm³/mol. The van der Waals surface area contributed by atoms with Gasteiger partial charge in [-0.2, -0.15) is 11.8 Å². The largest absolute Gasteiger partial charge is 0.496 e. The first-order valence-corrected chi connectivity index (χ1v) is 8.23. The van der Waals surface area contributed by atoms with Gasteiger partial charge in [0.1, 0.15) is 5.75 Å². The van der Waals surface area contributed by atoms with Gasteiger partial charge in [0.2, 0.25) is 0 Å². The highest BCUT2D eigenvalue weighted by Gasteiger charge is 2.34. The molecule has 0 aromatic heterocycles. The van der Waals surface area contributed by atoms with Crippen molar-refractivity contribution in [2.45, 2.75) is 37.8 Å². The summed E-state index contributed by atoms with van der Waals surface area (Å²) < 4.78 is 5.49. The van der Waals surface area contributed by atoms with E-state index in [1.165, 1.54) is 11.1 Å². The number of fused-ring (bicyclic) bond motifs is 1. The lowest BCUT2D eigenvalue weighted by molar-refractivity contribution is 0.403. The molecule has 1 aromatic rings. The zero-order chi connectivity index (χ0) is 14.0. The van der Waals surface area contributed by atoms with Gasteiger partial charge in [-0.1, -0.05) is 32.4 Å². The van der Waals surface area contributed by atoms with Crippen molar-refractivity contribution in [3.05, 3.63) is 28.3 Å². The molecule has 1 aromatic carbocycles.